The van der Waals surface area contributed by atoms with Crippen LogP contribution in [0.15, 0.2) is 18.3 Å². The van der Waals surface area contributed by atoms with Crippen molar-refractivity contribution < 1.29 is 19.0 Å². The van der Waals surface area contributed by atoms with Crippen LogP contribution in [0.1, 0.15) is 51.4 Å². The molecule has 4 atom stereocenters. The molecule has 3 aromatic rings. The molecule has 5 aliphatic rings. The van der Waals surface area contributed by atoms with Gasteiger partial charge in [0.2, 0.25) is 5.95 Å². The highest BCUT2D eigenvalue weighted by atomic mass is 35.5. The standard InChI is InChI=1S/C25H27ClFN5O3/c1-11(2)32-18-4-13(3-16(27)20(18)30-23(32)25-6-12(7-25)8-25)19-15(26)9-28-24(31-19)29-17-5-14-10-34-22(35-14)21(17)33/h3-4,9,11-12,14,17,21-22,33H,5-8,10H2,1-2H3,(H,28,29,31)/t12?,14-,17?,21-,22+,25?/m0/s1. The molecule has 3 saturated carbocycles. The number of benzene rings is 1. The monoisotopic (exact) mass is 499 g/mol. The van der Waals surface area contributed by atoms with Crippen LogP contribution in [-0.2, 0) is 14.9 Å². The van der Waals surface area contributed by atoms with Gasteiger partial charge in [-0.25, -0.2) is 19.3 Å². The Balaban J connectivity index is 1.27. The maximum atomic E-state index is 15.4. The third-order valence-electron chi connectivity index (χ3n) is 8.09. The summed E-state index contributed by atoms with van der Waals surface area (Å²) in [5, 5.41) is 14.1. The van der Waals surface area contributed by atoms with Gasteiger partial charge in [-0.15, -0.1) is 0 Å². The van der Waals surface area contributed by atoms with E-state index >= 15 is 4.39 Å². The number of rotatable bonds is 5. The summed E-state index contributed by atoms with van der Waals surface area (Å²) in [6.45, 7) is 4.67. The lowest BCUT2D eigenvalue weighted by molar-refractivity contribution is -0.156. The third kappa shape index (κ3) is 3.25. The molecule has 0 amide bonds. The quantitative estimate of drug-likeness (QED) is 0.543. The van der Waals surface area contributed by atoms with Crippen molar-refractivity contribution in [2.75, 3.05) is 11.9 Å². The first kappa shape index (κ1) is 21.9. The average molecular weight is 500 g/mol. The van der Waals surface area contributed by atoms with Gasteiger partial charge in [-0.1, -0.05) is 11.6 Å². The van der Waals surface area contributed by atoms with Gasteiger partial charge in [0, 0.05) is 17.0 Å². The number of aromatic nitrogens is 4. The van der Waals surface area contributed by atoms with Crippen molar-refractivity contribution in [1.82, 2.24) is 19.5 Å². The number of anilines is 1. The molecule has 3 aliphatic carbocycles. The fourth-order valence-corrected chi connectivity index (χ4v) is 6.47. The van der Waals surface area contributed by atoms with Gasteiger partial charge in [0.1, 0.15) is 17.4 Å². The molecule has 4 bridgehead atoms. The highest BCUT2D eigenvalue weighted by molar-refractivity contribution is 6.33. The van der Waals surface area contributed by atoms with E-state index in [0.29, 0.717) is 40.8 Å². The Labute approximate surface area is 206 Å². The maximum absolute atomic E-state index is 15.4. The molecule has 4 heterocycles. The summed E-state index contributed by atoms with van der Waals surface area (Å²) in [6.07, 6.45) is 3.94. The van der Waals surface area contributed by atoms with Crippen LogP contribution in [0.5, 0.6) is 0 Å². The summed E-state index contributed by atoms with van der Waals surface area (Å²) in [5.74, 6) is 1.73. The Bertz CT molecular complexity index is 1330. The minimum atomic E-state index is -0.846. The van der Waals surface area contributed by atoms with Crippen molar-refractivity contribution in [2.45, 2.75) is 75.5 Å². The summed E-state index contributed by atoms with van der Waals surface area (Å²) in [7, 11) is 0. The zero-order valence-electron chi connectivity index (χ0n) is 19.5. The molecule has 2 N–H and O–H groups in total. The largest absolute Gasteiger partial charge is 0.386 e. The number of nitrogens with one attached hydrogen (secondary N) is 1. The number of aliphatic hydroxyl groups is 1. The van der Waals surface area contributed by atoms with E-state index in [-0.39, 0.29) is 29.4 Å². The second kappa shape index (κ2) is 7.59. The lowest BCUT2D eigenvalue weighted by atomic mass is 9.44. The Morgan fingerprint density at radius 2 is 2.06 bits per heavy atom. The molecule has 10 heteroatoms. The van der Waals surface area contributed by atoms with Crippen LogP contribution in [0, 0.1) is 11.7 Å². The highest BCUT2D eigenvalue weighted by Crippen LogP contribution is 2.65. The second-order valence-electron chi connectivity index (χ2n) is 10.8. The lowest BCUT2D eigenvalue weighted by Gasteiger charge is -2.61. The molecular formula is C25H27ClFN5O3. The Kier molecular flexibility index (Phi) is 4.75. The van der Waals surface area contributed by atoms with E-state index in [1.165, 1.54) is 12.3 Å². The first-order valence-corrected chi connectivity index (χ1v) is 12.7. The number of hydrogen-bond donors (Lipinski definition) is 2. The van der Waals surface area contributed by atoms with Crippen molar-refractivity contribution in [3.8, 4) is 11.3 Å². The smallest absolute Gasteiger partial charge is 0.223 e. The predicted molar refractivity (Wildman–Crippen MR) is 128 cm³/mol. The molecule has 35 heavy (non-hydrogen) atoms. The first-order chi connectivity index (χ1) is 16.8. The first-order valence-electron chi connectivity index (χ1n) is 12.3. The highest BCUT2D eigenvalue weighted by Gasteiger charge is 2.60. The third-order valence-corrected chi connectivity index (χ3v) is 8.37. The molecule has 2 aromatic heterocycles. The molecule has 2 saturated heterocycles. The zero-order valence-corrected chi connectivity index (χ0v) is 20.3. The van der Waals surface area contributed by atoms with Crippen LogP contribution in [0.3, 0.4) is 0 Å². The molecule has 1 unspecified atom stereocenters. The molecule has 8 rings (SSSR count). The number of halogens is 2. The predicted octanol–water partition coefficient (Wildman–Crippen LogP) is 4.20. The van der Waals surface area contributed by atoms with Crippen molar-refractivity contribution in [1.29, 1.82) is 0 Å². The van der Waals surface area contributed by atoms with Crippen LogP contribution in [-0.4, -0.2) is 55.8 Å². The van der Waals surface area contributed by atoms with Crippen LogP contribution in [0.4, 0.5) is 10.3 Å². The number of imidazole rings is 1. The topological polar surface area (TPSA) is 94.3 Å². The van der Waals surface area contributed by atoms with Gasteiger partial charge in [-0.05, 0) is 57.6 Å². The normalized spacial score (nSPS) is 33.1. The number of fused-ring (bicyclic) bond motifs is 3. The summed E-state index contributed by atoms with van der Waals surface area (Å²) < 4.78 is 28.7. The Hall–Kier alpha value is -2.33. The molecule has 0 radical (unpaired) electrons. The van der Waals surface area contributed by atoms with E-state index < -0.39 is 12.4 Å². The fraction of sp³-hybridized carbons (Fsp3) is 0.560. The number of nitrogens with zero attached hydrogens (tertiary/aromatic N) is 4. The van der Waals surface area contributed by atoms with Crippen LogP contribution in [0.25, 0.3) is 22.3 Å². The van der Waals surface area contributed by atoms with Crippen molar-refractivity contribution >= 4 is 28.6 Å². The summed E-state index contributed by atoms with van der Waals surface area (Å²) in [4.78, 5) is 13.7. The van der Waals surface area contributed by atoms with Gasteiger partial charge in [0.05, 0.1) is 41.2 Å². The van der Waals surface area contributed by atoms with Gasteiger partial charge in [-0.3, -0.25) is 0 Å². The Morgan fingerprint density at radius 3 is 2.77 bits per heavy atom. The summed E-state index contributed by atoms with van der Waals surface area (Å²) in [6, 6.07) is 3.19. The number of aliphatic hydroxyl groups excluding tert-OH is 1. The minimum Gasteiger partial charge on any atom is -0.386 e. The molecule has 1 aromatic carbocycles. The molecule has 0 spiro atoms. The van der Waals surface area contributed by atoms with Gasteiger partial charge in [0.25, 0.3) is 0 Å². The van der Waals surface area contributed by atoms with Crippen LogP contribution < -0.4 is 5.32 Å². The van der Waals surface area contributed by atoms with Gasteiger partial charge >= 0.3 is 0 Å². The van der Waals surface area contributed by atoms with Crippen LogP contribution in [0.2, 0.25) is 5.02 Å². The van der Waals surface area contributed by atoms with E-state index in [2.05, 4.69) is 33.7 Å². The average Bonchev–Trinajstić information content (AvgIpc) is 3.33. The zero-order chi connectivity index (χ0) is 24.1. The van der Waals surface area contributed by atoms with Crippen molar-refractivity contribution in [2.24, 2.45) is 5.92 Å². The number of hydrogen-bond acceptors (Lipinski definition) is 7. The summed E-state index contributed by atoms with van der Waals surface area (Å²) >= 11 is 6.49. The molecule has 8 nitrogen and oxygen atoms in total. The van der Waals surface area contributed by atoms with E-state index in [1.54, 1.807) is 0 Å². The van der Waals surface area contributed by atoms with Gasteiger partial charge < -0.3 is 24.5 Å². The van der Waals surface area contributed by atoms with Crippen molar-refractivity contribution in [3.05, 3.63) is 35.0 Å². The van der Waals surface area contributed by atoms with Crippen molar-refractivity contribution in [3.63, 3.8) is 0 Å². The Morgan fingerprint density at radius 1 is 1.26 bits per heavy atom. The van der Waals surface area contributed by atoms with E-state index in [4.69, 9.17) is 26.1 Å². The van der Waals surface area contributed by atoms with Crippen LogP contribution >= 0.6 is 11.6 Å². The van der Waals surface area contributed by atoms with E-state index in [9.17, 15) is 5.11 Å². The SMILES string of the molecule is CC(C)n1c(C23CC(C2)C3)nc2c(F)cc(-c3nc(NC4C[C@H]5CO[C@H](O5)[C@H]4O)ncc3Cl)cc21. The lowest BCUT2D eigenvalue weighted by Crippen LogP contribution is -2.56. The second-order valence-corrected chi connectivity index (χ2v) is 11.2. The molecule has 184 valence electrons. The molecule has 2 aliphatic heterocycles. The van der Waals surface area contributed by atoms with Gasteiger partial charge in [-0.2, -0.15) is 0 Å². The van der Waals surface area contributed by atoms with E-state index in [1.807, 2.05) is 6.07 Å². The minimum absolute atomic E-state index is 0.0734. The number of ether oxygens (including phenoxy) is 2. The molecular weight excluding hydrogens is 473 g/mol. The van der Waals surface area contributed by atoms with E-state index in [0.717, 1.165) is 36.5 Å². The maximum Gasteiger partial charge on any atom is 0.223 e. The fourth-order valence-electron chi connectivity index (χ4n) is 6.27. The molecule has 5 fully saturated rings. The van der Waals surface area contributed by atoms with Gasteiger partial charge in [0.15, 0.2) is 12.1 Å². The summed E-state index contributed by atoms with van der Waals surface area (Å²) in [5.41, 5.74) is 2.25.